The second-order valence-electron chi connectivity index (χ2n) is 7.34. The number of pyridine rings is 1. The molecule has 0 bridgehead atoms. The summed E-state index contributed by atoms with van der Waals surface area (Å²) in [6.07, 6.45) is 5.08. The minimum Gasteiger partial charge on any atom is -0.474 e. The van der Waals surface area contributed by atoms with Gasteiger partial charge in [0.2, 0.25) is 5.88 Å². The average Bonchev–Trinajstić information content (AvgIpc) is 2.70. The Labute approximate surface area is 163 Å². The highest BCUT2D eigenvalue weighted by Gasteiger charge is 2.39. The zero-order chi connectivity index (χ0) is 20.1. The lowest BCUT2D eigenvalue weighted by atomic mass is 9.75. The largest absolute Gasteiger partial charge is 0.474 e. The number of hydrogen-bond acceptors (Lipinski definition) is 5. The summed E-state index contributed by atoms with van der Waals surface area (Å²) < 4.78 is 24.9. The molecule has 0 spiro atoms. The van der Waals surface area contributed by atoms with Gasteiger partial charge < -0.3 is 9.47 Å². The molecule has 5 nitrogen and oxygen atoms in total. The molecule has 0 radical (unpaired) electrons. The zero-order valence-corrected chi connectivity index (χ0v) is 16.1. The number of nitrogens with zero attached hydrogens (tertiary/aromatic N) is 1. The van der Waals surface area contributed by atoms with E-state index >= 15 is 0 Å². The predicted octanol–water partition coefficient (Wildman–Crippen LogP) is 4.59. The first-order valence-corrected chi connectivity index (χ1v) is 9.50. The Balaban J connectivity index is 1.60. The molecule has 0 amide bonds. The first-order valence-electron chi connectivity index (χ1n) is 9.50. The van der Waals surface area contributed by atoms with E-state index in [-0.39, 0.29) is 17.6 Å². The second-order valence-corrected chi connectivity index (χ2v) is 7.34. The smallest absolute Gasteiger partial charge is 0.311 e. The minimum atomic E-state index is -0.556. The second kappa shape index (κ2) is 8.50. The fourth-order valence-corrected chi connectivity index (χ4v) is 3.45. The Kier molecular flexibility index (Phi) is 6.07. The van der Waals surface area contributed by atoms with Gasteiger partial charge in [0.25, 0.3) is 0 Å². The summed E-state index contributed by atoms with van der Waals surface area (Å²) in [7, 11) is 0. The monoisotopic (exact) mass is 385 g/mol. The van der Waals surface area contributed by atoms with Crippen LogP contribution in [0.25, 0.3) is 11.1 Å². The molecule has 0 saturated heterocycles. The molecule has 0 atom stereocenters. The van der Waals surface area contributed by atoms with Crippen molar-refractivity contribution >= 4 is 12.3 Å². The maximum Gasteiger partial charge on any atom is 0.311 e. The zero-order valence-electron chi connectivity index (χ0n) is 16.1. The van der Waals surface area contributed by atoms with Gasteiger partial charge in [0.15, 0.2) is 6.29 Å². The van der Waals surface area contributed by atoms with Gasteiger partial charge in [0.05, 0.1) is 17.6 Å². The van der Waals surface area contributed by atoms with Crippen molar-refractivity contribution in [1.29, 1.82) is 0 Å². The molecule has 2 aromatic rings. The molecular formula is C22H24FNO4. The van der Waals surface area contributed by atoms with Gasteiger partial charge >= 0.3 is 5.97 Å². The van der Waals surface area contributed by atoms with Crippen LogP contribution in [-0.2, 0) is 9.53 Å². The van der Waals surface area contributed by atoms with Crippen molar-refractivity contribution in [3.63, 3.8) is 0 Å². The highest BCUT2D eigenvalue weighted by molar-refractivity contribution is 5.77. The molecule has 1 saturated carbocycles. The first kappa shape index (κ1) is 20.0. The van der Waals surface area contributed by atoms with Crippen molar-refractivity contribution in [1.82, 2.24) is 4.98 Å². The van der Waals surface area contributed by atoms with Crippen LogP contribution in [0.3, 0.4) is 0 Å². The molecular weight excluding hydrogens is 361 g/mol. The normalized spacial score (nSPS) is 21.8. The van der Waals surface area contributed by atoms with E-state index in [9.17, 15) is 14.0 Å². The van der Waals surface area contributed by atoms with Gasteiger partial charge in [-0.25, -0.2) is 9.37 Å². The molecule has 1 aliphatic carbocycles. The van der Waals surface area contributed by atoms with Crippen molar-refractivity contribution < 1.29 is 23.5 Å². The highest BCUT2D eigenvalue weighted by atomic mass is 19.1. The molecule has 1 heterocycles. The molecule has 0 unspecified atom stereocenters. The van der Waals surface area contributed by atoms with Gasteiger partial charge in [-0.3, -0.25) is 9.59 Å². The van der Waals surface area contributed by atoms with E-state index in [1.54, 1.807) is 18.3 Å². The Morgan fingerprint density at radius 1 is 1.25 bits per heavy atom. The molecule has 3 rings (SSSR count). The van der Waals surface area contributed by atoms with E-state index in [2.05, 4.69) is 4.98 Å². The molecule has 6 heteroatoms. The van der Waals surface area contributed by atoms with Crippen LogP contribution in [0.15, 0.2) is 36.5 Å². The minimum absolute atomic E-state index is 0.00479. The van der Waals surface area contributed by atoms with Crippen molar-refractivity contribution in [3.8, 4) is 17.0 Å². The Hall–Kier alpha value is -2.76. The molecule has 1 aliphatic rings. The van der Waals surface area contributed by atoms with E-state index in [0.717, 1.165) is 31.2 Å². The van der Waals surface area contributed by atoms with Crippen molar-refractivity contribution in [2.75, 3.05) is 6.61 Å². The van der Waals surface area contributed by atoms with E-state index < -0.39 is 11.2 Å². The van der Waals surface area contributed by atoms with Crippen LogP contribution in [0.2, 0.25) is 0 Å². The van der Waals surface area contributed by atoms with Crippen molar-refractivity contribution in [3.05, 3.63) is 47.9 Å². The number of halogens is 1. The number of aldehydes is 1. The molecule has 148 valence electrons. The van der Waals surface area contributed by atoms with Crippen LogP contribution in [0, 0.1) is 11.2 Å². The molecule has 1 fully saturated rings. The molecule has 1 aromatic heterocycles. The number of rotatable bonds is 6. The third-order valence-electron chi connectivity index (χ3n) is 5.29. The van der Waals surface area contributed by atoms with E-state index in [4.69, 9.17) is 9.47 Å². The van der Waals surface area contributed by atoms with Crippen LogP contribution < -0.4 is 4.74 Å². The molecule has 1 aromatic carbocycles. The Morgan fingerprint density at radius 3 is 2.54 bits per heavy atom. The summed E-state index contributed by atoms with van der Waals surface area (Å²) >= 11 is 0. The van der Waals surface area contributed by atoms with Crippen LogP contribution in [-0.4, -0.2) is 30.0 Å². The van der Waals surface area contributed by atoms with Crippen LogP contribution >= 0.6 is 0 Å². The SMILES string of the molecule is CCOC(=O)[C@]1(C)CC[C@H](Oc2ccc(-c3ccc(C=O)c(F)c3)cn2)CC1. The fraction of sp³-hybridized carbons (Fsp3) is 0.409. The number of esters is 1. The van der Waals surface area contributed by atoms with Crippen molar-refractivity contribution in [2.45, 2.75) is 45.6 Å². The van der Waals surface area contributed by atoms with Crippen molar-refractivity contribution in [2.24, 2.45) is 5.41 Å². The quantitative estimate of drug-likeness (QED) is 0.537. The lowest BCUT2D eigenvalue weighted by Gasteiger charge is -2.35. The number of ether oxygens (including phenoxy) is 2. The fourth-order valence-electron chi connectivity index (χ4n) is 3.45. The molecule has 0 aliphatic heterocycles. The first-order chi connectivity index (χ1) is 13.4. The topological polar surface area (TPSA) is 65.5 Å². The summed E-state index contributed by atoms with van der Waals surface area (Å²) in [5.74, 6) is -0.193. The van der Waals surface area contributed by atoms with E-state index in [1.807, 2.05) is 19.9 Å². The molecule has 0 N–H and O–H groups in total. The lowest BCUT2D eigenvalue weighted by Crippen LogP contribution is -2.37. The Morgan fingerprint density at radius 2 is 1.96 bits per heavy atom. The third-order valence-corrected chi connectivity index (χ3v) is 5.29. The summed E-state index contributed by atoms with van der Waals surface area (Å²) in [6, 6.07) is 8.01. The summed E-state index contributed by atoms with van der Waals surface area (Å²) in [6.45, 7) is 4.16. The van der Waals surface area contributed by atoms with Gasteiger partial charge in [0, 0.05) is 17.8 Å². The van der Waals surface area contributed by atoms with Crippen LogP contribution in [0.5, 0.6) is 5.88 Å². The number of benzene rings is 1. The maximum absolute atomic E-state index is 13.8. The lowest BCUT2D eigenvalue weighted by molar-refractivity contribution is -0.157. The number of hydrogen-bond donors (Lipinski definition) is 0. The van der Waals surface area contributed by atoms with Gasteiger partial charge in [-0.1, -0.05) is 6.07 Å². The third kappa shape index (κ3) is 4.38. The van der Waals surface area contributed by atoms with Crippen LogP contribution in [0.1, 0.15) is 49.9 Å². The van der Waals surface area contributed by atoms with Gasteiger partial charge in [0.1, 0.15) is 11.9 Å². The standard InChI is InChI=1S/C22H24FNO4/c1-3-27-21(26)22(2)10-8-18(9-11-22)28-20-7-6-16(13-24-20)15-4-5-17(14-25)19(23)12-15/h4-7,12-14,18H,3,8-11H2,1-2H3/t18-,22+. The van der Waals surface area contributed by atoms with Gasteiger partial charge in [-0.2, -0.15) is 0 Å². The summed E-state index contributed by atoms with van der Waals surface area (Å²) in [5.41, 5.74) is 0.973. The maximum atomic E-state index is 13.8. The number of carbonyl (C=O) groups excluding carboxylic acids is 2. The predicted molar refractivity (Wildman–Crippen MR) is 103 cm³/mol. The summed E-state index contributed by atoms with van der Waals surface area (Å²) in [4.78, 5) is 27.1. The van der Waals surface area contributed by atoms with Gasteiger partial charge in [-0.05, 0) is 63.3 Å². The van der Waals surface area contributed by atoms with E-state index in [0.29, 0.717) is 24.3 Å². The number of carbonyl (C=O) groups is 2. The summed E-state index contributed by atoms with van der Waals surface area (Å²) in [5, 5.41) is 0. The van der Waals surface area contributed by atoms with Crippen LogP contribution in [0.4, 0.5) is 4.39 Å². The highest BCUT2D eigenvalue weighted by Crippen LogP contribution is 2.38. The average molecular weight is 385 g/mol. The van der Waals surface area contributed by atoms with Gasteiger partial charge in [-0.15, -0.1) is 0 Å². The Bertz CT molecular complexity index is 842. The number of aromatic nitrogens is 1. The molecule has 28 heavy (non-hydrogen) atoms. The van der Waals surface area contributed by atoms with E-state index in [1.165, 1.54) is 12.1 Å².